The Hall–Kier alpha value is -3.72. The molecule has 0 saturated carbocycles. The molecule has 0 atom stereocenters. The summed E-state index contributed by atoms with van der Waals surface area (Å²) in [5, 5.41) is 11.9. The van der Waals surface area contributed by atoms with Crippen molar-refractivity contribution in [3.8, 4) is 22.7 Å². The molecular formula is C25H30N6O3. The van der Waals surface area contributed by atoms with Gasteiger partial charge in [0.05, 0.1) is 36.3 Å². The van der Waals surface area contributed by atoms with Gasteiger partial charge >= 0.3 is 0 Å². The molecule has 34 heavy (non-hydrogen) atoms. The highest BCUT2D eigenvalue weighted by Crippen LogP contribution is 2.27. The van der Waals surface area contributed by atoms with Crippen LogP contribution < -0.4 is 5.32 Å². The van der Waals surface area contributed by atoms with Crippen LogP contribution in [0.3, 0.4) is 0 Å². The first-order valence-electron chi connectivity index (χ1n) is 11.5. The molecule has 9 nitrogen and oxygen atoms in total. The van der Waals surface area contributed by atoms with E-state index in [2.05, 4.69) is 34.3 Å². The number of hydrogen-bond acceptors (Lipinski definition) is 6. The lowest BCUT2D eigenvalue weighted by Crippen LogP contribution is -2.11. The number of pyridine rings is 1. The van der Waals surface area contributed by atoms with E-state index in [1.54, 1.807) is 35.4 Å². The normalized spacial score (nSPS) is 11.3. The molecule has 0 aromatic carbocycles. The maximum absolute atomic E-state index is 13.0. The number of amides is 1. The van der Waals surface area contributed by atoms with Crippen molar-refractivity contribution in [3.63, 3.8) is 0 Å². The Kier molecular flexibility index (Phi) is 7.54. The van der Waals surface area contributed by atoms with Crippen molar-refractivity contribution in [1.82, 2.24) is 24.5 Å². The van der Waals surface area contributed by atoms with Crippen LogP contribution in [0.2, 0.25) is 0 Å². The Morgan fingerprint density at radius 1 is 1.15 bits per heavy atom. The average molecular weight is 463 g/mol. The maximum atomic E-state index is 13.0. The predicted octanol–water partition coefficient (Wildman–Crippen LogP) is 4.74. The first-order valence-corrected chi connectivity index (χ1v) is 11.5. The highest BCUT2D eigenvalue weighted by atomic mass is 16.5. The van der Waals surface area contributed by atoms with E-state index >= 15 is 0 Å². The molecule has 4 aromatic rings. The third-order valence-corrected chi connectivity index (χ3v) is 5.27. The molecule has 0 spiro atoms. The lowest BCUT2D eigenvalue weighted by Gasteiger charge is -2.03. The van der Waals surface area contributed by atoms with E-state index in [4.69, 9.17) is 9.15 Å². The Balaban J connectivity index is 1.50. The molecule has 0 unspecified atom stereocenters. The molecule has 0 aliphatic heterocycles. The van der Waals surface area contributed by atoms with Crippen molar-refractivity contribution in [1.29, 1.82) is 0 Å². The van der Waals surface area contributed by atoms with Crippen LogP contribution in [-0.4, -0.2) is 43.7 Å². The molecule has 0 radical (unpaired) electrons. The fourth-order valence-corrected chi connectivity index (χ4v) is 3.42. The monoisotopic (exact) mass is 462 g/mol. The summed E-state index contributed by atoms with van der Waals surface area (Å²) >= 11 is 0. The Bertz CT molecular complexity index is 1210. The molecule has 0 aliphatic carbocycles. The number of rotatable bonds is 11. The number of ether oxygens (including phenoxy) is 1. The van der Waals surface area contributed by atoms with E-state index in [-0.39, 0.29) is 11.7 Å². The van der Waals surface area contributed by atoms with E-state index in [0.29, 0.717) is 48.5 Å². The zero-order valence-corrected chi connectivity index (χ0v) is 19.8. The van der Waals surface area contributed by atoms with Crippen molar-refractivity contribution in [3.05, 3.63) is 60.9 Å². The summed E-state index contributed by atoms with van der Waals surface area (Å²) in [6, 6.07) is 9.02. The predicted molar refractivity (Wildman–Crippen MR) is 129 cm³/mol. The van der Waals surface area contributed by atoms with Crippen LogP contribution in [0.5, 0.6) is 0 Å². The second kappa shape index (κ2) is 10.9. The molecule has 1 N–H and O–H groups in total. The molecule has 0 saturated heterocycles. The highest BCUT2D eigenvalue weighted by Gasteiger charge is 2.19. The first-order chi connectivity index (χ1) is 16.5. The van der Waals surface area contributed by atoms with Gasteiger partial charge in [-0.15, -0.1) is 0 Å². The van der Waals surface area contributed by atoms with Gasteiger partial charge in [0.1, 0.15) is 11.5 Å². The van der Waals surface area contributed by atoms with E-state index in [1.807, 2.05) is 36.0 Å². The van der Waals surface area contributed by atoms with Gasteiger partial charge < -0.3 is 14.5 Å². The van der Waals surface area contributed by atoms with E-state index in [0.717, 1.165) is 18.5 Å². The number of carbonyl (C=O) groups is 1. The number of anilines is 1. The van der Waals surface area contributed by atoms with Crippen LogP contribution in [0.1, 0.15) is 37.7 Å². The number of aryl methyl sites for hydroxylation is 1. The van der Waals surface area contributed by atoms with Crippen molar-refractivity contribution < 1.29 is 13.9 Å². The van der Waals surface area contributed by atoms with Crippen LogP contribution in [0, 0.1) is 5.92 Å². The van der Waals surface area contributed by atoms with Crippen molar-refractivity contribution >= 4 is 11.6 Å². The van der Waals surface area contributed by atoms with Crippen molar-refractivity contribution in [2.24, 2.45) is 5.92 Å². The molecule has 0 bridgehead atoms. The first kappa shape index (κ1) is 23.4. The van der Waals surface area contributed by atoms with Crippen molar-refractivity contribution in [2.75, 3.05) is 18.5 Å². The van der Waals surface area contributed by atoms with E-state index in [1.165, 1.54) is 0 Å². The standard InChI is InChI=1S/C25H30N6O3/c1-4-33-14-13-31-17-21(24(29-31)20-7-5-6-11-26-20)28-25(32)23-9-8-22(34-23)19-15-27-30(16-19)12-10-18(2)3/h5-9,11,15-18H,4,10,12-14H2,1-3H3,(H,28,32). The molecule has 4 heterocycles. The van der Waals surface area contributed by atoms with Crippen LogP contribution in [0.4, 0.5) is 5.69 Å². The number of nitrogens with one attached hydrogen (secondary N) is 1. The summed E-state index contributed by atoms with van der Waals surface area (Å²) in [5.41, 5.74) is 2.64. The van der Waals surface area contributed by atoms with E-state index < -0.39 is 0 Å². The summed E-state index contributed by atoms with van der Waals surface area (Å²) < 4.78 is 14.9. The largest absolute Gasteiger partial charge is 0.451 e. The molecule has 9 heteroatoms. The molecule has 0 fully saturated rings. The van der Waals surface area contributed by atoms with Gasteiger partial charge in [0.15, 0.2) is 5.76 Å². The van der Waals surface area contributed by atoms with Gasteiger partial charge in [-0.25, -0.2) is 0 Å². The summed E-state index contributed by atoms with van der Waals surface area (Å²) in [6.07, 6.45) is 8.21. The van der Waals surface area contributed by atoms with Gasteiger partial charge in [-0.2, -0.15) is 10.2 Å². The zero-order chi connectivity index (χ0) is 23.9. The minimum absolute atomic E-state index is 0.207. The second-order valence-corrected chi connectivity index (χ2v) is 8.36. The third-order valence-electron chi connectivity index (χ3n) is 5.27. The van der Waals surface area contributed by atoms with Gasteiger partial charge in [-0.3, -0.25) is 19.1 Å². The smallest absolute Gasteiger partial charge is 0.291 e. The fourth-order valence-electron chi connectivity index (χ4n) is 3.42. The molecule has 0 aliphatic rings. The average Bonchev–Trinajstić information content (AvgIpc) is 3.58. The number of furan rings is 1. The molecule has 4 rings (SSSR count). The number of nitrogens with zero attached hydrogens (tertiary/aromatic N) is 5. The fraction of sp³-hybridized carbons (Fsp3) is 0.360. The van der Waals surface area contributed by atoms with Gasteiger partial charge in [-0.05, 0) is 43.5 Å². The molecule has 1 amide bonds. The third kappa shape index (κ3) is 5.79. The lowest BCUT2D eigenvalue weighted by molar-refractivity contribution is 0.0997. The van der Waals surface area contributed by atoms with Crippen LogP contribution >= 0.6 is 0 Å². The van der Waals surface area contributed by atoms with Crippen LogP contribution in [0.25, 0.3) is 22.7 Å². The number of aromatic nitrogens is 5. The number of hydrogen-bond donors (Lipinski definition) is 1. The van der Waals surface area contributed by atoms with Gasteiger partial charge in [0, 0.05) is 31.7 Å². The zero-order valence-electron chi connectivity index (χ0n) is 19.8. The maximum Gasteiger partial charge on any atom is 0.291 e. The topological polar surface area (TPSA) is 100 Å². The van der Waals surface area contributed by atoms with Crippen molar-refractivity contribution in [2.45, 2.75) is 40.3 Å². The Labute approximate surface area is 198 Å². The summed E-state index contributed by atoms with van der Waals surface area (Å²) in [7, 11) is 0. The Morgan fingerprint density at radius 3 is 2.79 bits per heavy atom. The van der Waals surface area contributed by atoms with Crippen LogP contribution in [0.15, 0.2) is 59.5 Å². The molecule has 178 valence electrons. The molecular weight excluding hydrogens is 432 g/mol. The molecule has 4 aromatic heterocycles. The quantitative estimate of drug-likeness (QED) is 0.323. The summed E-state index contributed by atoms with van der Waals surface area (Å²) in [4.78, 5) is 17.4. The number of carbonyl (C=O) groups excluding carboxylic acids is 1. The minimum atomic E-state index is -0.361. The summed E-state index contributed by atoms with van der Waals surface area (Å²) in [6.45, 7) is 8.88. The van der Waals surface area contributed by atoms with E-state index in [9.17, 15) is 4.79 Å². The lowest BCUT2D eigenvalue weighted by atomic mass is 10.1. The van der Waals surface area contributed by atoms with Gasteiger partial charge in [0.2, 0.25) is 0 Å². The Morgan fingerprint density at radius 2 is 2.03 bits per heavy atom. The minimum Gasteiger partial charge on any atom is -0.451 e. The summed E-state index contributed by atoms with van der Waals surface area (Å²) in [5.74, 6) is 1.04. The van der Waals surface area contributed by atoms with Gasteiger partial charge in [-0.1, -0.05) is 19.9 Å². The SMILES string of the molecule is CCOCCn1cc(NC(=O)c2ccc(-c3cnn(CCC(C)C)c3)o2)c(-c2ccccn2)n1. The van der Waals surface area contributed by atoms with Gasteiger partial charge in [0.25, 0.3) is 5.91 Å². The van der Waals surface area contributed by atoms with Crippen LogP contribution in [-0.2, 0) is 17.8 Å². The highest BCUT2D eigenvalue weighted by molar-refractivity contribution is 6.04. The second-order valence-electron chi connectivity index (χ2n) is 8.36.